The molecule has 184 valence electrons. The van der Waals surface area contributed by atoms with Gasteiger partial charge in [0.25, 0.3) is 0 Å². The van der Waals surface area contributed by atoms with E-state index < -0.39 is 0 Å². The molecule has 2 aromatic heterocycles. The maximum Gasteiger partial charge on any atom is 0.200 e. The van der Waals surface area contributed by atoms with Crippen LogP contribution in [0.5, 0.6) is 11.5 Å². The average Bonchev–Trinajstić information content (AvgIpc) is 2.88. The van der Waals surface area contributed by atoms with Crippen LogP contribution in [0.3, 0.4) is 0 Å². The summed E-state index contributed by atoms with van der Waals surface area (Å²) >= 11 is 17.3. The van der Waals surface area contributed by atoms with Crippen LogP contribution >= 0.6 is 34.8 Å². The molecule has 10 heteroatoms. The molecule has 0 bridgehead atoms. The first-order valence-electron chi connectivity index (χ1n) is 10.4. The van der Waals surface area contributed by atoms with Crippen LogP contribution in [0, 0.1) is 0 Å². The van der Waals surface area contributed by atoms with Crippen molar-refractivity contribution in [2.75, 3.05) is 20.0 Å². The van der Waals surface area contributed by atoms with Crippen LogP contribution in [0.2, 0.25) is 15.5 Å². The van der Waals surface area contributed by atoms with Crippen LogP contribution < -0.4 is 15.2 Å². The fourth-order valence-corrected chi connectivity index (χ4v) is 3.76. The van der Waals surface area contributed by atoms with E-state index in [9.17, 15) is 9.59 Å². The first-order chi connectivity index (χ1) is 17.3. The Kier molecular flexibility index (Phi) is 9.25. The number of para-hydroxylation sites is 2. The van der Waals surface area contributed by atoms with Gasteiger partial charge in [-0.15, -0.1) is 0 Å². The Morgan fingerprint density at radius 2 is 1.08 bits per heavy atom. The van der Waals surface area contributed by atoms with E-state index in [2.05, 4.69) is 9.97 Å². The third kappa shape index (κ3) is 6.31. The van der Waals surface area contributed by atoms with Crippen molar-refractivity contribution < 1.29 is 19.1 Å². The quantitative estimate of drug-likeness (QED) is 0.228. The van der Waals surface area contributed by atoms with Gasteiger partial charge in [0.1, 0.15) is 32.8 Å². The Morgan fingerprint density at radius 3 is 1.56 bits per heavy atom. The van der Waals surface area contributed by atoms with Crippen molar-refractivity contribution in [1.29, 1.82) is 0 Å². The number of anilines is 1. The summed E-state index contributed by atoms with van der Waals surface area (Å²) in [6.45, 7) is 0. The molecule has 0 aliphatic carbocycles. The van der Waals surface area contributed by atoms with Crippen molar-refractivity contribution in [3.05, 3.63) is 111 Å². The van der Waals surface area contributed by atoms with Gasteiger partial charge in [-0.1, -0.05) is 59.1 Å². The number of nitrogens with zero attached hydrogens (tertiary/aromatic N) is 2. The van der Waals surface area contributed by atoms with Gasteiger partial charge in [0, 0.05) is 0 Å². The lowest BCUT2D eigenvalue weighted by atomic mass is 10.0. The van der Waals surface area contributed by atoms with Crippen LogP contribution in [-0.2, 0) is 0 Å². The smallest absolute Gasteiger partial charge is 0.200 e. The maximum atomic E-state index is 12.3. The Morgan fingerprint density at radius 1 is 0.639 bits per heavy atom. The first kappa shape index (κ1) is 26.9. The number of nitrogens with two attached hydrogens (primary N) is 1. The zero-order chi connectivity index (χ0) is 26.2. The number of hydrogen-bond donors (Lipinski definition) is 1. The molecule has 0 aliphatic heterocycles. The van der Waals surface area contributed by atoms with E-state index in [1.54, 1.807) is 60.7 Å². The van der Waals surface area contributed by atoms with E-state index in [1.807, 2.05) is 0 Å². The molecular formula is C26H20Cl3N3O4. The molecule has 0 saturated carbocycles. The van der Waals surface area contributed by atoms with E-state index in [0.29, 0.717) is 33.8 Å². The number of hydrogen-bond acceptors (Lipinski definition) is 7. The highest BCUT2D eigenvalue weighted by atomic mass is 35.5. The monoisotopic (exact) mass is 543 g/mol. The second-order valence-electron chi connectivity index (χ2n) is 7.10. The minimum absolute atomic E-state index is 0.0819. The molecule has 0 unspecified atom stereocenters. The summed E-state index contributed by atoms with van der Waals surface area (Å²) in [5, 5.41) is 0.582. The van der Waals surface area contributed by atoms with Crippen molar-refractivity contribution in [3.63, 3.8) is 0 Å². The highest BCUT2D eigenvalue weighted by molar-refractivity contribution is 6.35. The van der Waals surface area contributed by atoms with Crippen molar-refractivity contribution in [1.82, 2.24) is 9.97 Å². The van der Waals surface area contributed by atoms with Crippen LogP contribution in [0.25, 0.3) is 0 Å². The Labute approximate surface area is 222 Å². The lowest BCUT2D eigenvalue weighted by Crippen LogP contribution is -2.08. The van der Waals surface area contributed by atoms with E-state index in [-0.39, 0.29) is 32.8 Å². The van der Waals surface area contributed by atoms with Gasteiger partial charge in [0.05, 0.1) is 36.5 Å². The Hall–Kier alpha value is -3.65. The molecule has 2 heterocycles. The molecule has 0 radical (unpaired) electrons. The van der Waals surface area contributed by atoms with Gasteiger partial charge in [-0.05, 0) is 48.5 Å². The molecular weight excluding hydrogens is 525 g/mol. The predicted molar refractivity (Wildman–Crippen MR) is 141 cm³/mol. The van der Waals surface area contributed by atoms with Gasteiger partial charge >= 0.3 is 0 Å². The number of carbonyl (C=O) groups excluding carboxylic acids is 2. The number of aromatic nitrogens is 2. The fraction of sp³-hybridized carbons (Fsp3) is 0.0769. The molecule has 0 saturated heterocycles. The zero-order valence-corrected chi connectivity index (χ0v) is 21.4. The summed E-state index contributed by atoms with van der Waals surface area (Å²) in [6.07, 6.45) is 0. The number of rotatable bonds is 6. The summed E-state index contributed by atoms with van der Waals surface area (Å²) in [4.78, 5) is 32.3. The molecule has 0 spiro atoms. The summed E-state index contributed by atoms with van der Waals surface area (Å²) in [5.74, 6) is 0.611. The number of benzene rings is 2. The van der Waals surface area contributed by atoms with Crippen molar-refractivity contribution >= 4 is 52.2 Å². The Bertz CT molecular complexity index is 1310. The lowest BCUT2D eigenvalue weighted by molar-refractivity contribution is 0.102. The Balaban J connectivity index is 0.000000201. The number of nitrogen functional groups attached to an aromatic ring is 1. The van der Waals surface area contributed by atoms with Gasteiger partial charge in [-0.2, -0.15) is 0 Å². The van der Waals surface area contributed by atoms with Gasteiger partial charge in [0.2, 0.25) is 0 Å². The van der Waals surface area contributed by atoms with E-state index in [4.69, 9.17) is 50.0 Å². The number of pyridine rings is 2. The predicted octanol–water partition coefficient (Wildman–Crippen LogP) is 6.18. The fourth-order valence-electron chi connectivity index (χ4n) is 3.18. The minimum Gasteiger partial charge on any atom is -0.496 e. The molecule has 0 atom stereocenters. The lowest BCUT2D eigenvalue weighted by Gasteiger charge is -2.08. The molecule has 0 fully saturated rings. The van der Waals surface area contributed by atoms with E-state index in [1.165, 1.54) is 26.4 Å². The zero-order valence-electron chi connectivity index (χ0n) is 19.2. The van der Waals surface area contributed by atoms with Crippen LogP contribution in [0.4, 0.5) is 5.82 Å². The molecule has 4 aromatic rings. The molecule has 36 heavy (non-hydrogen) atoms. The van der Waals surface area contributed by atoms with Gasteiger partial charge in [0.15, 0.2) is 11.6 Å². The summed E-state index contributed by atoms with van der Waals surface area (Å²) in [6, 6.07) is 20.0. The minimum atomic E-state index is -0.249. The summed E-state index contributed by atoms with van der Waals surface area (Å²) < 4.78 is 10.3. The normalized spacial score (nSPS) is 10.1. The van der Waals surface area contributed by atoms with Crippen molar-refractivity contribution in [2.24, 2.45) is 0 Å². The number of methoxy groups -OCH3 is 2. The molecule has 0 amide bonds. The van der Waals surface area contributed by atoms with Crippen LogP contribution in [-0.4, -0.2) is 35.8 Å². The largest absolute Gasteiger partial charge is 0.496 e. The third-order valence-electron chi connectivity index (χ3n) is 4.90. The second kappa shape index (κ2) is 12.4. The van der Waals surface area contributed by atoms with E-state index >= 15 is 0 Å². The third-order valence-corrected chi connectivity index (χ3v) is 5.61. The molecule has 4 rings (SSSR count). The summed E-state index contributed by atoms with van der Waals surface area (Å²) in [7, 11) is 3.02. The summed E-state index contributed by atoms with van der Waals surface area (Å²) in [5.41, 5.74) is 7.18. The maximum absolute atomic E-state index is 12.3. The number of ether oxygens (including phenoxy) is 2. The number of ketones is 2. The van der Waals surface area contributed by atoms with Gasteiger partial charge < -0.3 is 15.2 Å². The van der Waals surface area contributed by atoms with Gasteiger partial charge in [-0.25, -0.2) is 9.97 Å². The van der Waals surface area contributed by atoms with Crippen LogP contribution in [0.1, 0.15) is 31.8 Å². The second-order valence-corrected chi connectivity index (χ2v) is 8.23. The van der Waals surface area contributed by atoms with Crippen LogP contribution in [0.15, 0.2) is 72.8 Å². The molecule has 7 nitrogen and oxygen atoms in total. The topological polar surface area (TPSA) is 104 Å². The number of halogens is 3. The van der Waals surface area contributed by atoms with Gasteiger partial charge in [-0.3, -0.25) is 9.59 Å². The average molecular weight is 545 g/mol. The SMILES string of the molecule is COc1ccccc1C(=O)c1ccc(Cl)nc1Cl.COc1ccccc1C(=O)c1ccc(Cl)nc1N. The van der Waals surface area contributed by atoms with E-state index in [0.717, 1.165) is 0 Å². The number of carbonyl (C=O) groups is 2. The van der Waals surface area contributed by atoms with Crippen molar-refractivity contribution in [3.8, 4) is 11.5 Å². The highest BCUT2D eigenvalue weighted by Crippen LogP contribution is 2.26. The highest BCUT2D eigenvalue weighted by Gasteiger charge is 2.18. The molecule has 0 aliphatic rings. The molecule has 2 N–H and O–H groups in total. The van der Waals surface area contributed by atoms with Crippen molar-refractivity contribution in [2.45, 2.75) is 0 Å². The first-order valence-corrected chi connectivity index (χ1v) is 11.5. The standard InChI is InChI=1S/C13H9Cl2NO2.C13H11ClN2O2/c2*1-18-10-5-3-2-4-8(10)12(17)9-6-7-11(14)16-13(9)15/h2-7H,1H3;2-7H,1H3,(H2,15,16). The molecule has 2 aromatic carbocycles.